The molecule has 2 nitrogen and oxygen atoms in total. The van der Waals surface area contributed by atoms with Crippen molar-refractivity contribution in [3.8, 4) is 0 Å². The van der Waals surface area contributed by atoms with E-state index >= 15 is 0 Å². The highest BCUT2D eigenvalue weighted by atomic mass is 16.2. The number of rotatable bonds is 5. The summed E-state index contributed by atoms with van der Waals surface area (Å²) in [6, 6.07) is 0. The molecule has 2 heteroatoms. The second-order valence-corrected chi connectivity index (χ2v) is 11.9. The maximum atomic E-state index is 12.6. The van der Waals surface area contributed by atoms with E-state index in [1.807, 2.05) is 0 Å². The van der Waals surface area contributed by atoms with E-state index in [9.17, 15) is 9.59 Å². The molecule has 0 spiro atoms. The molecule has 0 aromatic carbocycles. The van der Waals surface area contributed by atoms with Crippen LogP contribution < -0.4 is 0 Å². The Bertz CT molecular complexity index is 703. The van der Waals surface area contributed by atoms with Crippen LogP contribution in [0.15, 0.2) is 11.6 Å². The summed E-state index contributed by atoms with van der Waals surface area (Å²) >= 11 is 0. The summed E-state index contributed by atoms with van der Waals surface area (Å²) < 4.78 is 0. The maximum absolute atomic E-state index is 12.6. The van der Waals surface area contributed by atoms with Crippen LogP contribution in [0.4, 0.5) is 0 Å². The fourth-order valence-corrected chi connectivity index (χ4v) is 8.43. The molecular formula is C27H42O2. The lowest BCUT2D eigenvalue weighted by atomic mass is 9.47. The van der Waals surface area contributed by atoms with E-state index in [0.29, 0.717) is 17.8 Å². The molecule has 4 rings (SSSR count). The zero-order valence-electron chi connectivity index (χ0n) is 19.4. The minimum Gasteiger partial charge on any atom is -0.291 e. The number of hydrogen-bond acceptors (Lipinski definition) is 2. The van der Waals surface area contributed by atoms with E-state index in [4.69, 9.17) is 0 Å². The first-order valence-electron chi connectivity index (χ1n) is 12.5. The van der Waals surface area contributed by atoms with Gasteiger partial charge in [-0.3, -0.25) is 9.59 Å². The Labute approximate surface area is 178 Å². The van der Waals surface area contributed by atoms with E-state index in [2.05, 4.69) is 40.7 Å². The van der Waals surface area contributed by atoms with Gasteiger partial charge in [-0.2, -0.15) is 0 Å². The molecule has 0 aliphatic heterocycles. The molecule has 0 saturated heterocycles. The Morgan fingerprint density at radius 2 is 1.76 bits per heavy atom. The van der Waals surface area contributed by atoms with Crippen molar-refractivity contribution in [2.24, 2.45) is 46.3 Å². The van der Waals surface area contributed by atoms with Crippen LogP contribution in [0.1, 0.15) is 98.8 Å². The van der Waals surface area contributed by atoms with Crippen LogP contribution in [-0.2, 0) is 9.59 Å². The van der Waals surface area contributed by atoms with Crippen molar-refractivity contribution >= 4 is 11.6 Å². The molecule has 4 aliphatic rings. The van der Waals surface area contributed by atoms with Crippen molar-refractivity contribution in [1.82, 2.24) is 0 Å². The molecule has 0 amide bonds. The van der Waals surface area contributed by atoms with Gasteiger partial charge in [0, 0.05) is 12.0 Å². The molecule has 162 valence electrons. The monoisotopic (exact) mass is 398 g/mol. The summed E-state index contributed by atoms with van der Waals surface area (Å²) in [6.45, 7) is 12.1. The van der Waals surface area contributed by atoms with Crippen LogP contribution in [-0.4, -0.2) is 11.6 Å². The molecule has 0 heterocycles. The molecule has 3 fully saturated rings. The Morgan fingerprint density at radius 3 is 2.48 bits per heavy atom. The van der Waals surface area contributed by atoms with Gasteiger partial charge in [-0.15, -0.1) is 0 Å². The van der Waals surface area contributed by atoms with Crippen molar-refractivity contribution < 1.29 is 9.59 Å². The summed E-state index contributed by atoms with van der Waals surface area (Å²) in [4.78, 5) is 24.6. The zero-order valence-corrected chi connectivity index (χ0v) is 19.4. The molecule has 0 N–H and O–H groups in total. The van der Waals surface area contributed by atoms with Gasteiger partial charge in [0.1, 0.15) is 0 Å². The van der Waals surface area contributed by atoms with Crippen molar-refractivity contribution in [1.29, 1.82) is 0 Å². The van der Waals surface area contributed by atoms with E-state index in [1.54, 1.807) is 0 Å². The number of carbonyl (C=O) groups excluding carboxylic acids is 2. The minimum absolute atomic E-state index is 0.0454. The normalized spacial score (nSPS) is 42.9. The molecular weight excluding hydrogens is 356 g/mol. The molecule has 0 aromatic rings. The van der Waals surface area contributed by atoms with Crippen LogP contribution >= 0.6 is 0 Å². The predicted molar refractivity (Wildman–Crippen MR) is 118 cm³/mol. The summed E-state index contributed by atoms with van der Waals surface area (Å²) in [7, 11) is 0. The lowest BCUT2D eigenvalue weighted by molar-refractivity contribution is -0.139. The minimum atomic E-state index is -0.159. The molecule has 0 aromatic heterocycles. The Kier molecular flexibility index (Phi) is 5.62. The molecule has 0 bridgehead atoms. The van der Waals surface area contributed by atoms with Crippen LogP contribution in [0, 0.1) is 46.3 Å². The lowest BCUT2D eigenvalue weighted by Crippen LogP contribution is -2.52. The van der Waals surface area contributed by atoms with Gasteiger partial charge in [-0.05, 0) is 84.9 Å². The van der Waals surface area contributed by atoms with Crippen molar-refractivity contribution in [3.63, 3.8) is 0 Å². The molecule has 4 aliphatic carbocycles. The van der Waals surface area contributed by atoms with Crippen LogP contribution in [0.3, 0.4) is 0 Å². The number of Topliss-reactive ketones (excluding diaryl/α,β-unsaturated/α-hetero) is 2. The van der Waals surface area contributed by atoms with E-state index in [0.717, 1.165) is 48.0 Å². The predicted octanol–water partition coefficient (Wildman–Crippen LogP) is 6.78. The first kappa shape index (κ1) is 21.3. The van der Waals surface area contributed by atoms with Crippen LogP contribution in [0.5, 0.6) is 0 Å². The number of carbonyl (C=O) groups is 2. The summed E-state index contributed by atoms with van der Waals surface area (Å²) in [5, 5.41) is 0. The number of ketones is 2. The standard InChI is InChI=1S/C27H42O2/c1-17(2)7-6-8-18(3)20-11-12-21-19-9-10-23-25(29)24(28)14-16-27(23,5)22(19)13-15-26(20,21)4/h10,17-22H,6-9,11-16H2,1-5H3/t18-,19+,20-,21+,22+,26-,27-/m1/s1. The molecule has 0 radical (unpaired) electrons. The smallest absolute Gasteiger partial charge is 0.224 e. The van der Waals surface area contributed by atoms with Gasteiger partial charge in [0.05, 0.1) is 0 Å². The van der Waals surface area contributed by atoms with Gasteiger partial charge in [-0.1, -0.05) is 60.0 Å². The highest BCUT2D eigenvalue weighted by Crippen LogP contribution is 2.66. The zero-order chi connectivity index (χ0) is 21.0. The molecule has 7 atom stereocenters. The average Bonchev–Trinajstić information content (AvgIpc) is 3.02. The Balaban J connectivity index is 1.53. The number of fused-ring (bicyclic) bond motifs is 5. The first-order chi connectivity index (χ1) is 13.7. The lowest BCUT2D eigenvalue weighted by Gasteiger charge is -2.57. The van der Waals surface area contributed by atoms with Crippen molar-refractivity contribution in [3.05, 3.63) is 11.6 Å². The fourth-order valence-electron chi connectivity index (χ4n) is 8.43. The van der Waals surface area contributed by atoms with Gasteiger partial charge >= 0.3 is 0 Å². The number of allylic oxidation sites excluding steroid dienone is 2. The largest absolute Gasteiger partial charge is 0.291 e. The van der Waals surface area contributed by atoms with Gasteiger partial charge in [-0.25, -0.2) is 0 Å². The third-order valence-corrected chi connectivity index (χ3v) is 10.0. The third-order valence-electron chi connectivity index (χ3n) is 10.0. The Hall–Kier alpha value is -0.920. The van der Waals surface area contributed by atoms with Crippen LogP contribution in [0.2, 0.25) is 0 Å². The van der Waals surface area contributed by atoms with Crippen molar-refractivity contribution in [2.45, 2.75) is 98.8 Å². The molecule has 3 saturated carbocycles. The summed E-state index contributed by atoms with van der Waals surface area (Å²) in [5.74, 6) is 4.34. The topological polar surface area (TPSA) is 34.1 Å². The number of hydrogen-bond donors (Lipinski definition) is 0. The van der Waals surface area contributed by atoms with Gasteiger partial charge < -0.3 is 0 Å². The van der Waals surface area contributed by atoms with E-state index in [-0.39, 0.29) is 17.0 Å². The second-order valence-electron chi connectivity index (χ2n) is 11.9. The van der Waals surface area contributed by atoms with Gasteiger partial charge in [0.15, 0.2) is 0 Å². The van der Waals surface area contributed by atoms with E-state index < -0.39 is 0 Å². The van der Waals surface area contributed by atoms with Gasteiger partial charge in [0.2, 0.25) is 11.6 Å². The third kappa shape index (κ3) is 3.37. The van der Waals surface area contributed by atoms with Gasteiger partial charge in [0.25, 0.3) is 0 Å². The van der Waals surface area contributed by atoms with E-state index in [1.165, 1.54) is 44.9 Å². The summed E-state index contributed by atoms with van der Waals surface area (Å²) in [5.41, 5.74) is 1.32. The Morgan fingerprint density at radius 1 is 1.00 bits per heavy atom. The first-order valence-corrected chi connectivity index (χ1v) is 12.5. The average molecular weight is 399 g/mol. The maximum Gasteiger partial charge on any atom is 0.224 e. The SMILES string of the molecule is CC(C)CCC[C@@H](C)[C@H]1CC[C@H]2[C@@H]3CC=C4C(=O)C(=O)CC[C@]4(C)[C@H]3CC[C@]12C. The second kappa shape index (κ2) is 7.65. The highest BCUT2D eigenvalue weighted by molar-refractivity contribution is 6.44. The summed E-state index contributed by atoms with van der Waals surface area (Å²) in [6.07, 6.45) is 14.1. The quantitative estimate of drug-likeness (QED) is 0.479. The molecule has 29 heavy (non-hydrogen) atoms. The highest BCUT2D eigenvalue weighted by Gasteiger charge is 2.60. The van der Waals surface area contributed by atoms with Crippen LogP contribution in [0.25, 0.3) is 0 Å². The molecule has 0 unspecified atom stereocenters. The fraction of sp³-hybridized carbons (Fsp3) is 0.852. The van der Waals surface area contributed by atoms with Crippen molar-refractivity contribution in [2.75, 3.05) is 0 Å².